The topological polar surface area (TPSA) is 58.6 Å². The summed E-state index contributed by atoms with van der Waals surface area (Å²) in [6, 6.07) is 0. The number of halogens is 1. The van der Waals surface area contributed by atoms with E-state index in [0.717, 1.165) is 25.7 Å². The van der Waals surface area contributed by atoms with Crippen LogP contribution in [0.25, 0.3) is 0 Å². The van der Waals surface area contributed by atoms with Gasteiger partial charge < -0.3 is 15.0 Å². The summed E-state index contributed by atoms with van der Waals surface area (Å²) in [4.78, 5) is 25.0. The number of morpholine rings is 1. The van der Waals surface area contributed by atoms with Crippen molar-refractivity contribution in [1.82, 2.24) is 10.2 Å². The second kappa shape index (κ2) is 7.54. The molecule has 5 nitrogen and oxygen atoms in total. The maximum Gasteiger partial charge on any atom is 0.282 e. The fourth-order valence-electron chi connectivity index (χ4n) is 2.88. The summed E-state index contributed by atoms with van der Waals surface area (Å²) in [5, 5.41) is 2.48. The number of carbonyl (C=O) groups is 2. The van der Waals surface area contributed by atoms with Crippen molar-refractivity contribution in [2.45, 2.75) is 38.2 Å². The van der Waals surface area contributed by atoms with E-state index in [1.165, 1.54) is 24.4 Å². The smallest absolute Gasteiger partial charge is 0.282 e. The molecule has 2 amide bonds. The number of amides is 2. The van der Waals surface area contributed by atoms with Crippen LogP contribution in [-0.4, -0.2) is 49.6 Å². The number of rotatable bonds is 3. The molecule has 1 heterocycles. The van der Waals surface area contributed by atoms with Crippen LogP contribution in [-0.2, 0) is 14.3 Å². The van der Waals surface area contributed by atoms with Crippen LogP contribution in [0.1, 0.15) is 32.1 Å². The van der Waals surface area contributed by atoms with E-state index in [1.54, 1.807) is 0 Å². The Labute approximate surface area is 124 Å². The van der Waals surface area contributed by atoms with Crippen LogP contribution in [0.2, 0.25) is 0 Å². The Bertz CT molecular complexity index is 419. The van der Waals surface area contributed by atoms with Gasteiger partial charge in [0.1, 0.15) is 0 Å². The first-order valence-corrected chi connectivity index (χ1v) is 7.61. The fourth-order valence-corrected chi connectivity index (χ4v) is 2.88. The van der Waals surface area contributed by atoms with Crippen LogP contribution in [0.5, 0.6) is 0 Å². The van der Waals surface area contributed by atoms with Crippen LogP contribution in [0.3, 0.4) is 0 Å². The Morgan fingerprint density at radius 2 is 2.00 bits per heavy atom. The number of carbonyl (C=O) groups excluding carboxylic acids is 2. The first kappa shape index (κ1) is 15.9. The predicted molar refractivity (Wildman–Crippen MR) is 76.2 cm³/mol. The fraction of sp³-hybridized carbons (Fsp3) is 0.733. The zero-order chi connectivity index (χ0) is 15.2. The van der Waals surface area contributed by atoms with E-state index in [9.17, 15) is 14.0 Å². The summed E-state index contributed by atoms with van der Waals surface area (Å²) in [5.74, 6) is -1.44. The molecular weight excluding hydrogens is 275 g/mol. The average Bonchev–Trinajstić information content (AvgIpc) is 2.54. The van der Waals surface area contributed by atoms with Crippen molar-refractivity contribution in [2.24, 2.45) is 5.92 Å². The van der Waals surface area contributed by atoms with Gasteiger partial charge >= 0.3 is 0 Å². The third kappa shape index (κ3) is 4.27. The molecule has 0 aromatic heterocycles. The number of allylic oxidation sites excluding steroid dienone is 1. The molecule has 2 rings (SSSR count). The minimum atomic E-state index is -0.713. The number of likely N-dealkylation sites (N-methyl/N-ethyl adjacent to an activating group) is 1. The summed E-state index contributed by atoms with van der Waals surface area (Å²) in [7, 11) is 1.51. The molecule has 1 saturated carbocycles. The van der Waals surface area contributed by atoms with Gasteiger partial charge in [0.2, 0.25) is 0 Å². The van der Waals surface area contributed by atoms with Crippen molar-refractivity contribution in [2.75, 3.05) is 26.7 Å². The molecule has 1 saturated heterocycles. The van der Waals surface area contributed by atoms with Crippen molar-refractivity contribution < 1.29 is 18.7 Å². The molecule has 0 bridgehead atoms. The van der Waals surface area contributed by atoms with Crippen molar-refractivity contribution in [3.05, 3.63) is 11.9 Å². The van der Waals surface area contributed by atoms with Gasteiger partial charge in [0.25, 0.3) is 11.8 Å². The molecule has 1 aliphatic heterocycles. The standard InChI is InChI=1S/C15H23FN2O3/c1-17-14(19)13-10-18(7-8-21-13)15(20)12(16)9-11-5-3-2-4-6-11/h9,11,13H,2-8,10H2,1H3,(H,17,19)/b12-9-/t13-/m1/s1. The average molecular weight is 298 g/mol. The maximum absolute atomic E-state index is 14.1. The quantitative estimate of drug-likeness (QED) is 0.801. The van der Waals surface area contributed by atoms with Gasteiger partial charge in [-0.05, 0) is 24.8 Å². The highest BCUT2D eigenvalue weighted by atomic mass is 19.1. The zero-order valence-corrected chi connectivity index (χ0v) is 12.4. The number of nitrogens with zero attached hydrogens (tertiary/aromatic N) is 1. The molecule has 1 aliphatic carbocycles. The Morgan fingerprint density at radius 3 is 2.67 bits per heavy atom. The number of hydrogen-bond donors (Lipinski definition) is 1. The summed E-state index contributed by atoms with van der Waals surface area (Å²) in [6.45, 7) is 0.670. The van der Waals surface area contributed by atoms with E-state index in [4.69, 9.17) is 4.74 Å². The lowest BCUT2D eigenvalue weighted by Gasteiger charge is -2.31. The van der Waals surface area contributed by atoms with Crippen LogP contribution < -0.4 is 5.32 Å². The molecule has 6 heteroatoms. The van der Waals surface area contributed by atoms with Gasteiger partial charge in [-0.1, -0.05) is 19.3 Å². The second-order valence-electron chi connectivity index (χ2n) is 5.64. The molecule has 118 valence electrons. The monoisotopic (exact) mass is 298 g/mol. The highest BCUT2D eigenvalue weighted by Crippen LogP contribution is 2.26. The molecule has 0 radical (unpaired) electrons. The van der Waals surface area contributed by atoms with Crippen LogP contribution in [0, 0.1) is 5.92 Å². The van der Waals surface area contributed by atoms with Crippen molar-refractivity contribution >= 4 is 11.8 Å². The molecule has 0 unspecified atom stereocenters. The summed E-state index contributed by atoms with van der Waals surface area (Å²) in [5.41, 5.74) is 0. The third-order valence-corrected chi connectivity index (χ3v) is 4.13. The summed E-state index contributed by atoms with van der Waals surface area (Å²) in [6.07, 6.45) is 6.03. The normalized spacial score (nSPS) is 24.8. The Balaban J connectivity index is 1.94. The van der Waals surface area contributed by atoms with E-state index < -0.39 is 17.8 Å². The number of hydrogen-bond acceptors (Lipinski definition) is 3. The minimum Gasteiger partial charge on any atom is -0.365 e. The van der Waals surface area contributed by atoms with Gasteiger partial charge in [0.15, 0.2) is 11.9 Å². The van der Waals surface area contributed by atoms with E-state index >= 15 is 0 Å². The highest BCUT2D eigenvalue weighted by Gasteiger charge is 2.30. The Morgan fingerprint density at radius 1 is 1.29 bits per heavy atom. The molecule has 1 N–H and O–H groups in total. The van der Waals surface area contributed by atoms with E-state index in [2.05, 4.69) is 5.32 Å². The van der Waals surface area contributed by atoms with Gasteiger partial charge in [-0.3, -0.25) is 9.59 Å². The lowest BCUT2D eigenvalue weighted by molar-refractivity contribution is -0.145. The van der Waals surface area contributed by atoms with Crippen LogP contribution >= 0.6 is 0 Å². The van der Waals surface area contributed by atoms with Gasteiger partial charge in [-0.25, -0.2) is 4.39 Å². The third-order valence-electron chi connectivity index (χ3n) is 4.13. The van der Waals surface area contributed by atoms with Crippen molar-refractivity contribution in [3.63, 3.8) is 0 Å². The second-order valence-corrected chi connectivity index (χ2v) is 5.64. The van der Waals surface area contributed by atoms with Gasteiger partial charge in [-0.15, -0.1) is 0 Å². The minimum absolute atomic E-state index is 0.102. The molecule has 2 fully saturated rings. The largest absolute Gasteiger partial charge is 0.365 e. The van der Waals surface area contributed by atoms with E-state index in [0.29, 0.717) is 6.54 Å². The molecule has 21 heavy (non-hydrogen) atoms. The van der Waals surface area contributed by atoms with Gasteiger partial charge in [0, 0.05) is 13.6 Å². The van der Waals surface area contributed by atoms with Crippen LogP contribution in [0.15, 0.2) is 11.9 Å². The highest BCUT2D eigenvalue weighted by molar-refractivity contribution is 5.92. The Kier molecular flexibility index (Phi) is 5.73. The lowest BCUT2D eigenvalue weighted by Crippen LogP contribution is -2.51. The number of ether oxygens (including phenoxy) is 1. The SMILES string of the molecule is CNC(=O)[C@H]1CN(C(=O)/C(F)=C/C2CCCCC2)CCO1. The first-order chi connectivity index (χ1) is 10.1. The summed E-state index contributed by atoms with van der Waals surface area (Å²) < 4.78 is 19.4. The molecular formula is C15H23FN2O3. The predicted octanol–water partition coefficient (Wildman–Crippen LogP) is 1.39. The molecule has 1 atom stereocenters. The molecule has 0 aromatic carbocycles. The molecule has 0 spiro atoms. The zero-order valence-electron chi connectivity index (χ0n) is 12.4. The van der Waals surface area contributed by atoms with E-state index in [1.807, 2.05) is 0 Å². The van der Waals surface area contributed by atoms with Gasteiger partial charge in [-0.2, -0.15) is 0 Å². The van der Waals surface area contributed by atoms with E-state index in [-0.39, 0.29) is 25.0 Å². The van der Waals surface area contributed by atoms with Crippen LogP contribution in [0.4, 0.5) is 4.39 Å². The van der Waals surface area contributed by atoms with Crippen molar-refractivity contribution in [1.29, 1.82) is 0 Å². The summed E-state index contributed by atoms with van der Waals surface area (Å²) >= 11 is 0. The first-order valence-electron chi connectivity index (χ1n) is 7.61. The van der Waals surface area contributed by atoms with Gasteiger partial charge in [0.05, 0.1) is 13.2 Å². The number of nitrogens with one attached hydrogen (secondary N) is 1. The molecule has 2 aliphatic rings. The molecule has 0 aromatic rings. The van der Waals surface area contributed by atoms with Crippen molar-refractivity contribution in [3.8, 4) is 0 Å². The lowest BCUT2D eigenvalue weighted by atomic mass is 9.89. The maximum atomic E-state index is 14.1. The Hall–Kier alpha value is -1.43.